The number of amides is 1. The lowest BCUT2D eigenvalue weighted by atomic mass is 10.1. The van der Waals surface area contributed by atoms with Crippen molar-refractivity contribution in [2.45, 2.75) is 12.8 Å². The Kier molecular flexibility index (Phi) is 4.99. The molecule has 0 aliphatic carbocycles. The van der Waals surface area contributed by atoms with Gasteiger partial charge in [-0.15, -0.1) is 5.10 Å². The maximum Gasteiger partial charge on any atom is 0.336 e. The number of H-pyrrole nitrogens is 1. The number of methoxy groups -OCH3 is 2. The predicted octanol–water partition coefficient (Wildman–Crippen LogP) is 2.05. The van der Waals surface area contributed by atoms with Gasteiger partial charge in [-0.05, 0) is 24.1 Å². The summed E-state index contributed by atoms with van der Waals surface area (Å²) in [4.78, 5) is 15.7. The molecule has 0 aliphatic heterocycles. The van der Waals surface area contributed by atoms with Crippen molar-refractivity contribution >= 4 is 23.5 Å². The number of anilines is 1. The fourth-order valence-corrected chi connectivity index (χ4v) is 1.99. The highest BCUT2D eigenvalue weighted by Gasteiger charge is 2.08. The highest BCUT2D eigenvalue weighted by molar-refractivity contribution is 6.32. The highest BCUT2D eigenvalue weighted by Crippen LogP contribution is 2.25. The summed E-state index contributed by atoms with van der Waals surface area (Å²) in [6, 6.07) is 5.60. The maximum absolute atomic E-state index is 11.8. The van der Waals surface area contributed by atoms with Crippen LogP contribution in [0.5, 0.6) is 11.8 Å². The molecule has 1 amide bonds. The Balaban J connectivity index is 1.87. The summed E-state index contributed by atoms with van der Waals surface area (Å²) in [5, 5.41) is 9.41. The predicted molar refractivity (Wildman–Crippen MR) is 77.9 cm³/mol. The number of benzene rings is 1. The number of halogens is 1. The molecule has 0 unspecified atom stereocenters. The van der Waals surface area contributed by atoms with Crippen molar-refractivity contribution in [3.8, 4) is 11.8 Å². The number of hydrogen-bond acceptors (Lipinski definition) is 5. The number of ether oxygens (including phenoxy) is 2. The van der Waals surface area contributed by atoms with E-state index in [2.05, 4.69) is 20.5 Å². The molecule has 0 saturated carbocycles. The summed E-state index contributed by atoms with van der Waals surface area (Å²) in [5.74, 6) is 0.684. The second kappa shape index (κ2) is 6.94. The third-order valence-electron chi connectivity index (χ3n) is 2.76. The van der Waals surface area contributed by atoms with Gasteiger partial charge in [-0.1, -0.05) is 17.7 Å². The molecule has 7 nitrogen and oxygen atoms in total. The first-order chi connectivity index (χ1) is 10.1. The zero-order chi connectivity index (χ0) is 15.2. The first kappa shape index (κ1) is 15.1. The van der Waals surface area contributed by atoms with E-state index in [1.165, 1.54) is 7.11 Å². The summed E-state index contributed by atoms with van der Waals surface area (Å²) in [7, 11) is 3.00. The lowest BCUT2D eigenvalue weighted by Gasteiger charge is -2.06. The smallest absolute Gasteiger partial charge is 0.336 e. The molecule has 0 fully saturated rings. The molecule has 8 heteroatoms. The van der Waals surface area contributed by atoms with Crippen LogP contribution in [0.4, 0.5) is 5.95 Å². The lowest BCUT2D eigenvalue weighted by molar-refractivity contribution is -0.116. The number of aryl methyl sites for hydroxylation is 1. The van der Waals surface area contributed by atoms with E-state index in [1.54, 1.807) is 19.2 Å². The van der Waals surface area contributed by atoms with Crippen molar-refractivity contribution in [1.82, 2.24) is 15.2 Å². The van der Waals surface area contributed by atoms with Gasteiger partial charge in [-0.3, -0.25) is 10.1 Å². The minimum atomic E-state index is -0.180. The molecule has 112 valence electrons. The van der Waals surface area contributed by atoms with Gasteiger partial charge in [0.15, 0.2) is 0 Å². The molecule has 1 aromatic heterocycles. The molecular formula is C13H15ClN4O3. The number of aromatic nitrogens is 3. The molecule has 21 heavy (non-hydrogen) atoms. The zero-order valence-electron chi connectivity index (χ0n) is 11.6. The molecule has 0 bridgehead atoms. The Morgan fingerprint density at radius 1 is 1.38 bits per heavy atom. The average Bonchev–Trinajstić information content (AvgIpc) is 2.93. The van der Waals surface area contributed by atoms with Crippen LogP contribution in [0.1, 0.15) is 12.0 Å². The van der Waals surface area contributed by atoms with Crippen molar-refractivity contribution < 1.29 is 14.3 Å². The standard InChI is InChI=1S/C13H15ClN4O3/c1-20-10-5-3-8(7-9(10)14)4-6-11(19)15-12-16-13(21-2)18-17-12/h3,5,7H,4,6H2,1-2H3,(H2,15,16,17,18,19). The Labute approximate surface area is 126 Å². The average molecular weight is 311 g/mol. The van der Waals surface area contributed by atoms with E-state index in [0.717, 1.165) is 5.56 Å². The molecule has 0 saturated heterocycles. The van der Waals surface area contributed by atoms with Gasteiger partial charge in [0.1, 0.15) is 5.75 Å². The summed E-state index contributed by atoms with van der Waals surface area (Å²) >= 11 is 6.03. The number of nitrogens with zero attached hydrogens (tertiary/aromatic N) is 2. The normalized spacial score (nSPS) is 10.2. The quantitative estimate of drug-likeness (QED) is 0.852. The van der Waals surface area contributed by atoms with Crippen molar-refractivity contribution in [2.75, 3.05) is 19.5 Å². The van der Waals surface area contributed by atoms with Crippen molar-refractivity contribution in [1.29, 1.82) is 0 Å². The SMILES string of the molecule is COc1n[nH]c(NC(=O)CCc2ccc(OC)c(Cl)c2)n1. The fourth-order valence-electron chi connectivity index (χ4n) is 1.71. The van der Waals surface area contributed by atoms with Crippen LogP contribution in [0.3, 0.4) is 0 Å². The lowest BCUT2D eigenvalue weighted by Crippen LogP contribution is -2.13. The van der Waals surface area contributed by atoms with Gasteiger partial charge in [0, 0.05) is 6.42 Å². The molecular weight excluding hydrogens is 296 g/mol. The molecule has 1 heterocycles. The van der Waals surface area contributed by atoms with Gasteiger partial charge in [-0.2, -0.15) is 4.98 Å². The maximum atomic E-state index is 11.8. The van der Waals surface area contributed by atoms with Gasteiger partial charge in [0.25, 0.3) is 0 Å². The van der Waals surface area contributed by atoms with E-state index in [4.69, 9.17) is 21.1 Å². The van der Waals surface area contributed by atoms with E-state index < -0.39 is 0 Å². The Morgan fingerprint density at radius 2 is 2.19 bits per heavy atom. The van der Waals surface area contributed by atoms with Crippen LogP contribution < -0.4 is 14.8 Å². The summed E-state index contributed by atoms with van der Waals surface area (Å²) in [5.41, 5.74) is 0.950. The van der Waals surface area contributed by atoms with Crippen LogP contribution in [0, 0.1) is 0 Å². The highest BCUT2D eigenvalue weighted by atomic mass is 35.5. The summed E-state index contributed by atoms with van der Waals surface area (Å²) in [6.07, 6.45) is 0.854. The molecule has 0 atom stereocenters. The van der Waals surface area contributed by atoms with Crippen LogP contribution in [-0.4, -0.2) is 35.3 Å². The van der Waals surface area contributed by atoms with Crippen molar-refractivity contribution in [3.05, 3.63) is 28.8 Å². The van der Waals surface area contributed by atoms with Crippen molar-refractivity contribution in [2.24, 2.45) is 0 Å². The first-order valence-electron chi connectivity index (χ1n) is 6.21. The molecule has 2 N–H and O–H groups in total. The Hall–Kier alpha value is -2.28. The van der Waals surface area contributed by atoms with E-state index in [-0.39, 0.29) is 17.9 Å². The van der Waals surface area contributed by atoms with Gasteiger partial charge in [0.05, 0.1) is 19.2 Å². The molecule has 0 radical (unpaired) electrons. The molecule has 2 rings (SSSR count). The van der Waals surface area contributed by atoms with Crippen LogP contribution >= 0.6 is 11.6 Å². The van der Waals surface area contributed by atoms with Gasteiger partial charge in [-0.25, -0.2) is 5.10 Å². The second-order valence-corrected chi connectivity index (χ2v) is 4.59. The second-order valence-electron chi connectivity index (χ2n) is 4.19. The van der Waals surface area contributed by atoms with E-state index >= 15 is 0 Å². The Morgan fingerprint density at radius 3 is 2.81 bits per heavy atom. The first-order valence-corrected chi connectivity index (χ1v) is 6.59. The van der Waals surface area contributed by atoms with Crippen LogP contribution in [-0.2, 0) is 11.2 Å². The largest absolute Gasteiger partial charge is 0.495 e. The summed E-state index contributed by atoms with van der Waals surface area (Å²) < 4.78 is 9.88. The zero-order valence-corrected chi connectivity index (χ0v) is 12.4. The molecule has 0 spiro atoms. The number of aromatic amines is 1. The number of carbonyl (C=O) groups excluding carboxylic acids is 1. The minimum Gasteiger partial charge on any atom is -0.495 e. The monoisotopic (exact) mass is 310 g/mol. The number of nitrogens with one attached hydrogen (secondary N) is 2. The van der Waals surface area contributed by atoms with Crippen LogP contribution in [0.25, 0.3) is 0 Å². The van der Waals surface area contributed by atoms with E-state index in [1.807, 2.05) is 6.07 Å². The van der Waals surface area contributed by atoms with E-state index in [0.29, 0.717) is 23.6 Å². The molecule has 2 aromatic rings. The van der Waals surface area contributed by atoms with Gasteiger partial charge < -0.3 is 9.47 Å². The van der Waals surface area contributed by atoms with Crippen molar-refractivity contribution in [3.63, 3.8) is 0 Å². The van der Waals surface area contributed by atoms with Crippen LogP contribution in [0.15, 0.2) is 18.2 Å². The minimum absolute atomic E-state index is 0.173. The third-order valence-corrected chi connectivity index (χ3v) is 3.06. The molecule has 0 aliphatic rings. The van der Waals surface area contributed by atoms with E-state index in [9.17, 15) is 4.79 Å². The van der Waals surface area contributed by atoms with Gasteiger partial charge >= 0.3 is 6.01 Å². The van der Waals surface area contributed by atoms with Crippen LogP contribution in [0.2, 0.25) is 5.02 Å². The Bertz CT molecular complexity index is 630. The third kappa shape index (κ3) is 4.09. The number of hydrogen-bond donors (Lipinski definition) is 2. The molecule has 1 aromatic carbocycles. The fraction of sp³-hybridized carbons (Fsp3) is 0.308. The number of rotatable bonds is 6. The summed E-state index contributed by atoms with van der Waals surface area (Å²) in [6.45, 7) is 0. The topological polar surface area (TPSA) is 89.1 Å². The number of carbonyl (C=O) groups is 1. The van der Waals surface area contributed by atoms with Gasteiger partial charge in [0.2, 0.25) is 11.9 Å².